The van der Waals surface area contributed by atoms with Crippen LogP contribution in [0.1, 0.15) is 20.7 Å². The van der Waals surface area contributed by atoms with Gasteiger partial charge in [-0.2, -0.15) is 0 Å². The second-order valence-corrected chi connectivity index (χ2v) is 4.10. The number of carboxylic acids is 1. The van der Waals surface area contributed by atoms with Gasteiger partial charge >= 0.3 is 5.97 Å². The van der Waals surface area contributed by atoms with E-state index in [1.807, 2.05) is 0 Å². The molecule has 1 aliphatic rings. The quantitative estimate of drug-likeness (QED) is 0.815. The van der Waals surface area contributed by atoms with Crippen LogP contribution in [0.15, 0.2) is 16.6 Å². The summed E-state index contributed by atoms with van der Waals surface area (Å²) in [6, 6.07) is 2.73. The van der Waals surface area contributed by atoms with Crippen molar-refractivity contribution in [2.24, 2.45) is 0 Å². The van der Waals surface area contributed by atoms with Gasteiger partial charge in [0.1, 0.15) is 12.4 Å². The largest absolute Gasteiger partial charge is 0.490 e. The van der Waals surface area contributed by atoms with Crippen molar-refractivity contribution in [3.8, 4) is 5.75 Å². The first-order valence-corrected chi connectivity index (χ1v) is 5.36. The smallest absolute Gasteiger partial charge is 0.335 e. The van der Waals surface area contributed by atoms with Crippen molar-refractivity contribution in [2.75, 3.05) is 13.2 Å². The van der Waals surface area contributed by atoms with Crippen LogP contribution in [0.2, 0.25) is 0 Å². The Morgan fingerprint density at radius 3 is 2.94 bits per heavy atom. The summed E-state index contributed by atoms with van der Waals surface area (Å²) in [5.41, 5.74) is 0.288. The highest BCUT2D eigenvalue weighted by molar-refractivity contribution is 9.10. The monoisotopic (exact) mass is 285 g/mol. The van der Waals surface area contributed by atoms with Crippen molar-refractivity contribution in [3.63, 3.8) is 0 Å². The Morgan fingerprint density at radius 1 is 1.50 bits per heavy atom. The molecule has 1 aromatic carbocycles. The highest BCUT2D eigenvalue weighted by Gasteiger charge is 2.21. The minimum absolute atomic E-state index is 0.0475. The number of hydrogen-bond acceptors (Lipinski definition) is 3. The molecule has 0 saturated carbocycles. The van der Waals surface area contributed by atoms with Gasteiger partial charge in [0, 0.05) is 0 Å². The molecule has 2 N–H and O–H groups in total. The van der Waals surface area contributed by atoms with Gasteiger partial charge in [-0.3, -0.25) is 4.79 Å². The maximum atomic E-state index is 11.6. The lowest BCUT2D eigenvalue weighted by atomic mass is 10.1. The van der Waals surface area contributed by atoms with Gasteiger partial charge in [-0.05, 0) is 28.1 Å². The summed E-state index contributed by atoms with van der Waals surface area (Å²) >= 11 is 3.20. The summed E-state index contributed by atoms with van der Waals surface area (Å²) in [4.78, 5) is 22.5. The van der Waals surface area contributed by atoms with E-state index in [2.05, 4.69) is 21.2 Å². The van der Waals surface area contributed by atoms with Gasteiger partial charge < -0.3 is 15.2 Å². The van der Waals surface area contributed by atoms with Crippen molar-refractivity contribution in [3.05, 3.63) is 27.7 Å². The number of ether oxygens (including phenoxy) is 1. The lowest BCUT2D eigenvalue weighted by Crippen LogP contribution is -2.24. The first-order chi connectivity index (χ1) is 7.59. The predicted molar refractivity (Wildman–Crippen MR) is 58.9 cm³/mol. The molecular weight excluding hydrogens is 278 g/mol. The summed E-state index contributed by atoms with van der Waals surface area (Å²) in [5.74, 6) is -1.02. The zero-order valence-corrected chi connectivity index (χ0v) is 9.70. The zero-order chi connectivity index (χ0) is 11.7. The minimum atomic E-state index is -1.08. The van der Waals surface area contributed by atoms with Crippen LogP contribution >= 0.6 is 15.9 Å². The second-order valence-electron chi connectivity index (χ2n) is 3.24. The minimum Gasteiger partial charge on any atom is -0.490 e. The number of aromatic carboxylic acids is 1. The molecule has 1 heterocycles. The lowest BCUT2D eigenvalue weighted by Gasteiger charge is -2.08. The number of benzene rings is 1. The van der Waals surface area contributed by atoms with Gasteiger partial charge in [-0.15, -0.1) is 0 Å². The van der Waals surface area contributed by atoms with Crippen molar-refractivity contribution in [1.29, 1.82) is 0 Å². The molecule has 6 heteroatoms. The first kappa shape index (κ1) is 10.9. The second kappa shape index (κ2) is 4.13. The van der Waals surface area contributed by atoms with Crippen molar-refractivity contribution < 1.29 is 19.4 Å². The average molecular weight is 286 g/mol. The fourth-order valence-electron chi connectivity index (χ4n) is 1.45. The van der Waals surface area contributed by atoms with Crippen molar-refractivity contribution >= 4 is 27.8 Å². The molecule has 0 spiro atoms. The van der Waals surface area contributed by atoms with Crippen LogP contribution < -0.4 is 10.1 Å². The highest BCUT2D eigenvalue weighted by atomic mass is 79.9. The summed E-state index contributed by atoms with van der Waals surface area (Å²) in [5, 5.41) is 11.5. The molecule has 1 aromatic rings. The van der Waals surface area contributed by atoms with Crippen molar-refractivity contribution in [1.82, 2.24) is 5.32 Å². The molecule has 2 rings (SSSR count). The van der Waals surface area contributed by atoms with Gasteiger partial charge in [0.25, 0.3) is 5.91 Å². The van der Waals surface area contributed by atoms with E-state index in [0.717, 1.165) is 0 Å². The van der Waals surface area contributed by atoms with Crippen molar-refractivity contribution in [2.45, 2.75) is 0 Å². The molecule has 0 aliphatic carbocycles. The highest BCUT2D eigenvalue weighted by Crippen LogP contribution is 2.31. The number of carboxylic acid groups (broad SMARTS) is 1. The molecule has 0 aromatic heterocycles. The SMILES string of the molecule is O=C(O)c1cc(Br)c2c(c1)C(=O)NCCO2. The molecule has 0 radical (unpaired) electrons. The summed E-state index contributed by atoms with van der Waals surface area (Å²) in [6.07, 6.45) is 0. The van der Waals surface area contributed by atoms with Crippen LogP contribution in [-0.2, 0) is 0 Å². The molecule has 84 valence electrons. The number of halogens is 1. The Balaban J connectivity index is 2.59. The fraction of sp³-hybridized carbons (Fsp3) is 0.200. The Hall–Kier alpha value is -1.56. The molecule has 1 amide bonds. The van der Waals surface area contributed by atoms with Gasteiger partial charge in [-0.25, -0.2) is 4.79 Å². The number of amides is 1. The van der Waals surface area contributed by atoms with Gasteiger partial charge in [-0.1, -0.05) is 0 Å². The Bertz CT molecular complexity index is 472. The summed E-state index contributed by atoms with van der Waals surface area (Å²) in [7, 11) is 0. The Labute approximate surface area is 99.5 Å². The molecule has 0 unspecified atom stereocenters. The van der Waals surface area contributed by atoms with Gasteiger partial charge in [0.15, 0.2) is 0 Å². The molecule has 16 heavy (non-hydrogen) atoms. The zero-order valence-electron chi connectivity index (χ0n) is 8.12. The van der Waals surface area contributed by atoms with E-state index in [0.29, 0.717) is 23.4 Å². The van der Waals surface area contributed by atoms with E-state index < -0.39 is 5.97 Å². The standard InChI is InChI=1S/C10H8BrNO4/c11-7-4-5(10(14)15)3-6-8(7)16-2-1-12-9(6)13/h3-4H,1-2H2,(H,12,13)(H,14,15). The van der Waals surface area contributed by atoms with E-state index in [9.17, 15) is 9.59 Å². The number of carbonyl (C=O) groups is 2. The first-order valence-electron chi connectivity index (χ1n) is 4.57. The van der Waals surface area contributed by atoms with E-state index in [4.69, 9.17) is 9.84 Å². The third-order valence-corrected chi connectivity index (χ3v) is 2.76. The topological polar surface area (TPSA) is 75.6 Å². The maximum Gasteiger partial charge on any atom is 0.335 e. The normalized spacial score (nSPS) is 14.4. The van der Waals surface area contributed by atoms with Gasteiger partial charge in [0.05, 0.1) is 22.1 Å². The van der Waals surface area contributed by atoms with E-state index >= 15 is 0 Å². The number of nitrogens with one attached hydrogen (secondary N) is 1. The molecule has 5 nitrogen and oxygen atoms in total. The average Bonchev–Trinajstić information content (AvgIpc) is 2.41. The number of carbonyl (C=O) groups excluding carboxylic acids is 1. The molecule has 0 fully saturated rings. The van der Waals surface area contributed by atoms with Crippen LogP contribution in [-0.4, -0.2) is 30.1 Å². The van der Waals surface area contributed by atoms with Crippen LogP contribution in [0.25, 0.3) is 0 Å². The fourth-order valence-corrected chi connectivity index (χ4v) is 2.02. The van der Waals surface area contributed by atoms with Crippen LogP contribution in [0.4, 0.5) is 0 Å². The Kier molecular flexibility index (Phi) is 2.82. The Morgan fingerprint density at radius 2 is 2.25 bits per heavy atom. The maximum absolute atomic E-state index is 11.6. The molecule has 1 aliphatic heterocycles. The molecule has 0 atom stereocenters. The summed E-state index contributed by atoms with van der Waals surface area (Å²) in [6.45, 7) is 0.770. The number of hydrogen-bond donors (Lipinski definition) is 2. The van der Waals surface area contributed by atoms with Crippen LogP contribution in [0.5, 0.6) is 5.75 Å². The molecular formula is C10H8BrNO4. The molecule has 0 saturated heterocycles. The van der Waals surface area contributed by atoms with E-state index in [1.54, 1.807) is 0 Å². The number of fused-ring (bicyclic) bond motifs is 1. The van der Waals surface area contributed by atoms with E-state index in [1.165, 1.54) is 12.1 Å². The third-order valence-electron chi connectivity index (χ3n) is 2.17. The predicted octanol–water partition coefficient (Wildman–Crippen LogP) is 1.27. The van der Waals surface area contributed by atoms with Gasteiger partial charge in [0.2, 0.25) is 0 Å². The lowest BCUT2D eigenvalue weighted by molar-refractivity contribution is 0.0696. The third kappa shape index (κ3) is 1.88. The van der Waals surface area contributed by atoms with E-state index in [-0.39, 0.29) is 17.0 Å². The van der Waals surface area contributed by atoms with Crippen LogP contribution in [0, 0.1) is 0 Å². The summed E-state index contributed by atoms with van der Waals surface area (Å²) < 4.78 is 5.83. The molecule has 0 bridgehead atoms. The van der Waals surface area contributed by atoms with Crippen LogP contribution in [0.3, 0.4) is 0 Å². The number of rotatable bonds is 1.